The molecule has 3 nitrogen and oxygen atoms in total. The van der Waals surface area contributed by atoms with Crippen LogP contribution in [-0.4, -0.2) is 25.2 Å². The SMILES string of the molecule is C=CC1CNCCC1C(CC)Cc1ccnc2ccc(OC)cc12. The van der Waals surface area contributed by atoms with E-state index >= 15 is 0 Å². The molecule has 0 radical (unpaired) electrons. The zero-order valence-electron chi connectivity index (χ0n) is 14.8. The van der Waals surface area contributed by atoms with Gasteiger partial charge in [-0.3, -0.25) is 4.98 Å². The van der Waals surface area contributed by atoms with Crippen LogP contribution in [0.5, 0.6) is 5.75 Å². The second kappa shape index (κ2) is 7.80. The van der Waals surface area contributed by atoms with Crippen LogP contribution in [-0.2, 0) is 6.42 Å². The minimum Gasteiger partial charge on any atom is -0.497 e. The first-order chi connectivity index (χ1) is 11.8. The second-order valence-corrected chi connectivity index (χ2v) is 6.78. The van der Waals surface area contributed by atoms with Crippen molar-refractivity contribution in [3.63, 3.8) is 0 Å². The number of nitrogens with zero attached hydrogens (tertiary/aromatic N) is 1. The summed E-state index contributed by atoms with van der Waals surface area (Å²) in [6.07, 6.45) is 7.61. The third-order valence-corrected chi connectivity index (χ3v) is 5.54. The molecular weight excluding hydrogens is 296 g/mol. The average molecular weight is 324 g/mol. The Hall–Kier alpha value is -1.87. The van der Waals surface area contributed by atoms with Crippen molar-refractivity contribution >= 4 is 10.9 Å². The number of hydrogen-bond donors (Lipinski definition) is 1. The van der Waals surface area contributed by atoms with E-state index in [1.165, 1.54) is 23.8 Å². The lowest BCUT2D eigenvalue weighted by Gasteiger charge is -2.36. The molecule has 0 amide bonds. The van der Waals surface area contributed by atoms with Gasteiger partial charge >= 0.3 is 0 Å². The van der Waals surface area contributed by atoms with Gasteiger partial charge in [-0.25, -0.2) is 0 Å². The standard InChI is InChI=1S/C21H28N2O/c1-4-15(19-9-10-22-14-16(19)5-2)12-17-8-11-23-21-7-6-18(24-3)13-20(17)21/h5-8,11,13,15-16,19,22H,2,4,9-10,12,14H2,1,3H3. The van der Waals surface area contributed by atoms with Gasteiger partial charge in [-0.1, -0.05) is 19.4 Å². The van der Waals surface area contributed by atoms with Crippen molar-refractivity contribution < 1.29 is 4.74 Å². The summed E-state index contributed by atoms with van der Waals surface area (Å²) in [6, 6.07) is 8.33. The Kier molecular flexibility index (Phi) is 5.52. The van der Waals surface area contributed by atoms with Gasteiger partial charge in [-0.15, -0.1) is 6.58 Å². The van der Waals surface area contributed by atoms with Crippen molar-refractivity contribution in [2.45, 2.75) is 26.2 Å². The van der Waals surface area contributed by atoms with E-state index in [9.17, 15) is 0 Å². The Labute approximate surface area is 145 Å². The number of nitrogens with one attached hydrogen (secondary N) is 1. The van der Waals surface area contributed by atoms with E-state index in [1.807, 2.05) is 12.3 Å². The Balaban J connectivity index is 1.90. The number of hydrogen-bond acceptors (Lipinski definition) is 3. The molecule has 0 saturated carbocycles. The number of ether oxygens (including phenoxy) is 1. The maximum absolute atomic E-state index is 5.41. The van der Waals surface area contributed by atoms with Gasteiger partial charge in [0.05, 0.1) is 12.6 Å². The minimum atomic E-state index is 0.575. The highest BCUT2D eigenvalue weighted by Crippen LogP contribution is 2.34. The number of aromatic nitrogens is 1. The number of benzene rings is 1. The summed E-state index contributed by atoms with van der Waals surface area (Å²) in [7, 11) is 1.72. The molecule has 3 rings (SSSR count). The van der Waals surface area contributed by atoms with E-state index in [0.717, 1.165) is 30.8 Å². The maximum atomic E-state index is 5.41. The molecule has 2 heterocycles. The summed E-state index contributed by atoms with van der Waals surface area (Å²) in [5, 5.41) is 4.73. The topological polar surface area (TPSA) is 34.2 Å². The summed E-state index contributed by atoms with van der Waals surface area (Å²) in [5.41, 5.74) is 2.43. The van der Waals surface area contributed by atoms with E-state index in [0.29, 0.717) is 17.8 Å². The van der Waals surface area contributed by atoms with Crippen molar-refractivity contribution in [2.24, 2.45) is 17.8 Å². The second-order valence-electron chi connectivity index (χ2n) is 6.78. The van der Waals surface area contributed by atoms with E-state index in [1.54, 1.807) is 7.11 Å². The fraction of sp³-hybridized carbons (Fsp3) is 0.476. The summed E-state index contributed by atoms with van der Waals surface area (Å²) in [5.74, 6) is 2.86. The van der Waals surface area contributed by atoms with E-state index in [-0.39, 0.29) is 0 Å². The third kappa shape index (κ3) is 3.46. The smallest absolute Gasteiger partial charge is 0.119 e. The van der Waals surface area contributed by atoms with Crippen molar-refractivity contribution in [2.75, 3.05) is 20.2 Å². The largest absolute Gasteiger partial charge is 0.497 e. The van der Waals surface area contributed by atoms with Gasteiger partial charge in [0.15, 0.2) is 0 Å². The minimum absolute atomic E-state index is 0.575. The lowest BCUT2D eigenvalue weighted by atomic mass is 9.73. The molecule has 2 aromatic rings. The number of rotatable bonds is 6. The van der Waals surface area contributed by atoms with Crippen LogP contribution in [0.25, 0.3) is 10.9 Å². The van der Waals surface area contributed by atoms with Crippen LogP contribution in [0.2, 0.25) is 0 Å². The first kappa shape index (κ1) is 17.0. The highest BCUT2D eigenvalue weighted by molar-refractivity contribution is 5.83. The van der Waals surface area contributed by atoms with Gasteiger partial charge in [0, 0.05) is 18.1 Å². The van der Waals surface area contributed by atoms with Crippen molar-refractivity contribution in [3.05, 3.63) is 48.7 Å². The molecule has 3 heteroatoms. The molecule has 1 aromatic heterocycles. The van der Waals surface area contributed by atoms with Gasteiger partial charge in [0.25, 0.3) is 0 Å². The lowest BCUT2D eigenvalue weighted by Crippen LogP contribution is -2.39. The van der Waals surface area contributed by atoms with Gasteiger partial charge in [0.2, 0.25) is 0 Å². The van der Waals surface area contributed by atoms with Crippen LogP contribution in [0.15, 0.2) is 43.1 Å². The molecule has 1 aliphatic heterocycles. The van der Waals surface area contributed by atoms with Crippen LogP contribution in [0, 0.1) is 17.8 Å². The number of piperidine rings is 1. The predicted molar refractivity (Wildman–Crippen MR) is 100 cm³/mol. The summed E-state index contributed by atoms with van der Waals surface area (Å²) in [4.78, 5) is 4.51. The van der Waals surface area contributed by atoms with Crippen LogP contribution in [0.3, 0.4) is 0 Å². The monoisotopic (exact) mass is 324 g/mol. The fourth-order valence-electron chi connectivity index (χ4n) is 4.11. The van der Waals surface area contributed by atoms with E-state index in [4.69, 9.17) is 4.74 Å². The number of pyridine rings is 1. The molecule has 1 aliphatic rings. The molecule has 1 aromatic carbocycles. The summed E-state index contributed by atoms with van der Waals surface area (Å²) < 4.78 is 5.41. The van der Waals surface area contributed by atoms with Gasteiger partial charge in [-0.05, 0) is 67.0 Å². The van der Waals surface area contributed by atoms with Crippen LogP contribution < -0.4 is 10.1 Å². The van der Waals surface area contributed by atoms with E-state index in [2.05, 4.69) is 48.1 Å². The molecule has 128 valence electrons. The molecule has 1 saturated heterocycles. The zero-order chi connectivity index (χ0) is 16.9. The van der Waals surface area contributed by atoms with Gasteiger partial charge in [-0.2, -0.15) is 0 Å². The molecule has 1 N–H and O–H groups in total. The lowest BCUT2D eigenvalue weighted by molar-refractivity contribution is 0.201. The molecule has 1 fully saturated rings. The number of methoxy groups -OCH3 is 1. The quantitative estimate of drug-likeness (QED) is 0.808. The highest BCUT2D eigenvalue weighted by atomic mass is 16.5. The Morgan fingerprint density at radius 2 is 2.29 bits per heavy atom. The molecule has 3 atom stereocenters. The van der Waals surface area contributed by atoms with E-state index < -0.39 is 0 Å². The fourth-order valence-corrected chi connectivity index (χ4v) is 4.11. The Morgan fingerprint density at radius 1 is 1.42 bits per heavy atom. The summed E-state index contributed by atoms with van der Waals surface area (Å²) in [6.45, 7) is 8.57. The molecule has 0 bridgehead atoms. The zero-order valence-corrected chi connectivity index (χ0v) is 14.8. The maximum Gasteiger partial charge on any atom is 0.119 e. The van der Waals surface area contributed by atoms with Crippen LogP contribution >= 0.6 is 0 Å². The Morgan fingerprint density at radius 3 is 3.04 bits per heavy atom. The Bertz CT molecular complexity index is 697. The van der Waals surface area contributed by atoms with Gasteiger partial charge < -0.3 is 10.1 Å². The predicted octanol–water partition coefficient (Wildman–Crippen LogP) is 4.22. The average Bonchev–Trinajstić information content (AvgIpc) is 2.65. The van der Waals surface area contributed by atoms with Crippen molar-refractivity contribution in [3.8, 4) is 5.75 Å². The first-order valence-corrected chi connectivity index (χ1v) is 9.01. The van der Waals surface area contributed by atoms with Crippen LogP contribution in [0.4, 0.5) is 0 Å². The normalized spacial score (nSPS) is 22.2. The highest BCUT2D eigenvalue weighted by Gasteiger charge is 2.29. The third-order valence-electron chi connectivity index (χ3n) is 5.54. The molecule has 0 aliphatic carbocycles. The van der Waals surface area contributed by atoms with Crippen LogP contribution in [0.1, 0.15) is 25.3 Å². The molecule has 3 unspecified atom stereocenters. The van der Waals surface area contributed by atoms with Crippen molar-refractivity contribution in [1.82, 2.24) is 10.3 Å². The number of fused-ring (bicyclic) bond motifs is 1. The molecular formula is C21H28N2O. The summed E-state index contributed by atoms with van der Waals surface area (Å²) >= 11 is 0. The molecule has 0 spiro atoms. The van der Waals surface area contributed by atoms with Crippen molar-refractivity contribution in [1.29, 1.82) is 0 Å². The first-order valence-electron chi connectivity index (χ1n) is 9.01. The van der Waals surface area contributed by atoms with Gasteiger partial charge in [0.1, 0.15) is 5.75 Å². The molecule has 24 heavy (non-hydrogen) atoms.